The molecule has 1 aromatic carbocycles. The Kier molecular flexibility index (Phi) is 4.83. The highest BCUT2D eigenvalue weighted by molar-refractivity contribution is 7.80. The van der Waals surface area contributed by atoms with E-state index in [-0.39, 0.29) is 5.82 Å². The predicted molar refractivity (Wildman–Crippen MR) is 68.9 cm³/mol. The van der Waals surface area contributed by atoms with Gasteiger partial charge in [-0.2, -0.15) is 0 Å². The lowest BCUT2D eigenvalue weighted by molar-refractivity contribution is 0.322. The van der Waals surface area contributed by atoms with Crippen LogP contribution >= 0.6 is 12.2 Å². The average molecular weight is 240 g/mol. The SMILES string of the molecule is CCCN(C)Cc1cc(C(N)=S)ccc1F. The molecule has 0 heterocycles. The minimum Gasteiger partial charge on any atom is -0.389 e. The van der Waals surface area contributed by atoms with Crippen LogP contribution in [-0.2, 0) is 6.54 Å². The van der Waals surface area contributed by atoms with Crippen molar-refractivity contribution in [2.45, 2.75) is 19.9 Å². The molecule has 0 fully saturated rings. The molecule has 0 aromatic heterocycles. The van der Waals surface area contributed by atoms with Crippen molar-refractivity contribution < 1.29 is 4.39 Å². The summed E-state index contributed by atoms with van der Waals surface area (Å²) in [7, 11) is 1.97. The molecule has 4 heteroatoms. The molecule has 0 amide bonds. The molecule has 0 radical (unpaired) electrons. The number of rotatable bonds is 5. The summed E-state index contributed by atoms with van der Waals surface area (Å²) in [5.41, 5.74) is 6.88. The molecule has 0 saturated heterocycles. The molecule has 0 bridgehead atoms. The van der Waals surface area contributed by atoms with Crippen LogP contribution in [0.2, 0.25) is 0 Å². The van der Waals surface area contributed by atoms with E-state index >= 15 is 0 Å². The fourth-order valence-corrected chi connectivity index (χ4v) is 1.73. The molecule has 2 N–H and O–H groups in total. The summed E-state index contributed by atoms with van der Waals surface area (Å²) < 4.78 is 13.5. The van der Waals surface area contributed by atoms with Gasteiger partial charge in [-0.15, -0.1) is 0 Å². The van der Waals surface area contributed by atoms with E-state index in [0.29, 0.717) is 17.1 Å². The third-order valence-corrected chi connectivity index (χ3v) is 2.61. The molecule has 0 saturated carbocycles. The van der Waals surface area contributed by atoms with Gasteiger partial charge in [0.25, 0.3) is 0 Å². The zero-order valence-electron chi connectivity index (χ0n) is 9.66. The third-order valence-electron chi connectivity index (χ3n) is 2.38. The van der Waals surface area contributed by atoms with Crippen molar-refractivity contribution in [3.8, 4) is 0 Å². The van der Waals surface area contributed by atoms with Crippen LogP contribution in [0, 0.1) is 5.82 Å². The maximum Gasteiger partial charge on any atom is 0.127 e. The first-order chi connectivity index (χ1) is 7.54. The van der Waals surface area contributed by atoms with Crippen LogP contribution in [0.4, 0.5) is 4.39 Å². The predicted octanol–water partition coefficient (Wildman–Crippen LogP) is 2.30. The summed E-state index contributed by atoms with van der Waals surface area (Å²) in [6.07, 6.45) is 1.05. The van der Waals surface area contributed by atoms with E-state index in [2.05, 4.69) is 11.8 Å². The average Bonchev–Trinajstić information content (AvgIpc) is 2.21. The zero-order chi connectivity index (χ0) is 12.1. The molecule has 0 aliphatic heterocycles. The summed E-state index contributed by atoms with van der Waals surface area (Å²) >= 11 is 4.87. The second kappa shape index (κ2) is 5.92. The lowest BCUT2D eigenvalue weighted by atomic mass is 10.1. The van der Waals surface area contributed by atoms with Crippen LogP contribution < -0.4 is 5.73 Å². The van der Waals surface area contributed by atoms with Gasteiger partial charge < -0.3 is 10.6 Å². The van der Waals surface area contributed by atoms with Crippen LogP contribution in [0.1, 0.15) is 24.5 Å². The Balaban J connectivity index is 2.85. The molecule has 0 aliphatic carbocycles. The second-order valence-corrected chi connectivity index (χ2v) is 4.35. The van der Waals surface area contributed by atoms with Crippen molar-refractivity contribution in [2.24, 2.45) is 5.73 Å². The fourth-order valence-electron chi connectivity index (χ4n) is 1.60. The molecule has 0 spiro atoms. The van der Waals surface area contributed by atoms with E-state index in [1.54, 1.807) is 12.1 Å². The Morgan fingerprint density at radius 1 is 1.50 bits per heavy atom. The molecule has 2 nitrogen and oxygen atoms in total. The van der Waals surface area contributed by atoms with Crippen molar-refractivity contribution in [3.63, 3.8) is 0 Å². The molecular formula is C12H17FN2S. The normalized spacial score (nSPS) is 10.8. The van der Waals surface area contributed by atoms with E-state index < -0.39 is 0 Å². The zero-order valence-corrected chi connectivity index (χ0v) is 10.5. The second-order valence-electron chi connectivity index (χ2n) is 3.91. The van der Waals surface area contributed by atoms with Crippen molar-refractivity contribution in [3.05, 3.63) is 35.1 Å². The Bertz CT molecular complexity index is 379. The van der Waals surface area contributed by atoms with Gasteiger partial charge in [-0.1, -0.05) is 19.1 Å². The van der Waals surface area contributed by atoms with Crippen LogP contribution in [0.15, 0.2) is 18.2 Å². The van der Waals surface area contributed by atoms with E-state index in [9.17, 15) is 4.39 Å². The number of thiocarbonyl (C=S) groups is 1. The Labute approximate surface area is 101 Å². The number of nitrogens with zero attached hydrogens (tertiary/aromatic N) is 1. The first-order valence-corrected chi connectivity index (χ1v) is 5.72. The van der Waals surface area contributed by atoms with Crippen LogP contribution in [0.25, 0.3) is 0 Å². The Morgan fingerprint density at radius 3 is 2.75 bits per heavy atom. The molecule has 1 rings (SSSR count). The van der Waals surface area contributed by atoms with Gasteiger partial charge in [0.15, 0.2) is 0 Å². The third kappa shape index (κ3) is 3.54. The standard InChI is InChI=1S/C12H17FN2S/c1-3-6-15(2)8-10-7-9(12(14)16)4-5-11(10)13/h4-5,7H,3,6,8H2,1-2H3,(H2,14,16). The minimum atomic E-state index is -0.206. The maximum absolute atomic E-state index is 13.5. The topological polar surface area (TPSA) is 29.3 Å². The van der Waals surface area contributed by atoms with Gasteiger partial charge in [-0.25, -0.2) is 4.39 Å². The molecule has 0 atom stereocenters. The summed E-state index contributed by atoms with van der Waals surface area (Å²) in [6.45, 7) is 3.62. The molecule has 16 heavy (non-hydrogen) atoms. The van der Waals surface area contributed by atoms with Gasteiger partial charge in [0.1, 0.15) is 10.8 Å². The quantitative estimate of drug-likeness (QED) is 0.801. The fraction of sp³-hybridized carbons (Fsp3) is 0.417. The first kappa shape index (κ1) is 13.1. The first-order valence-electron chi connectivity index (χ1n) is 5.31. The number of hydrogen-bond acceptors (Lipinski definition) is 2. The van der Waals surface area contributed by atoms with Gasteiger partial charge in [-0.05, 0) is 38.2 Å². The summed E-state index contributed by atoms with van der Waals surface area (Å²) in [5, 5.41) is 0. The van der Waals surface area contributed by atoms with E-state index in [0.717, 1.165) is 18.5 Å². The van der Waals surface area contributed by atoms with Crippen LogP contribution in [0.5, 0.6) is 0 Å². The molecule has 0 unspecified atom stereocenters. The van der Waals surface area contributed by atoms with E-state index in [1.165, 1.54) is 6.07 Å². The highest BCUT2D eigenvalue weighted by Gasteiger charge is 2.07. The van der Waals surface area contributed by atoms with Crippen molar-refractivity contribution in [1.29, 1.82) is 0 Å². The summed E-state index contributed by atoms with van der Waals surface area (Å²) in [4.78, 5) is 2.38. The van der Waals surface area contributed by atoms with Crippen molar-refractivity contribution in [2.75, 3.05) is 13.6 Å². The molecule has 0 aliphatic rings. The monoisotopic (exact) mass is 240 g/mol. The Morgan fingerprint density at radius 2 is 2.19 bits per heavy atom. The molecule has 1 aromatic rings. The van der Waals surface area contributed by atoms with Gasteiger partial charge >= 0.3 is 0 Å². The highest BCUT2D eigenvalue weighted by Crippen LogP contribution is 2.12. The van der Waals surface area contributed by atoms with E-state index in [1.807, 2.05) is 7.05 Å². The van der Waals surface area contributed by atoms with Gasteiger partial charge in [0.05, 0.1) is 0 Å². The maximum atomic E-state index is 13.5. The largest absolute Gasteiger partial charge is 0.389 e. The lowest BCUT2D eigenvalue weighted by Crippen LogP contribution is -2.20. The van der Waals surface area contributed by atoms with Crippen LogP contribution in [-0.4, -0.2) is 23.5 Å². The van der Waals surface area contributed by atoms with E-state index in [4.69, 9.17) is 18.0 Å². The summed E-state index contributed by atoms with van der Waals surface area (Å²) in [5.74, 6) is -0.206. The smallest absolute Gasteiger partial charge is 0.127 e. The summed E-state index contributed by atoms with van der Waals surface area (Å²) in [6, 6.07) is 4.76. The number of hydrogen-bond donors (Lipinski definition) is 1. The number of benzene rings is 1. The van der Waals surface area contributed by atoms with Gasteiger partial charge in [-0.3, -0.25) is 0 Å². The highest BCUT2D eigenvalue weighted by atomic mass is 32.1. The van der Waals surface area contributed by atoms with Crippen molar-refractivity contribution >= 4 is 17.2 Å². The number of halogens is 1. The Hall–Kier alpha value is -1.00. The van der Waals surface area contributed by atoms with Gasteiger partial charge in [0, 0.05) is 17.7 Å². The molecule has 88 valence electrons. The molecular weight excluding hydrogens is 223 g/mol. The lowest BCUT2D eigenvalue weighted by Gasteiger charge is -2.16. The minimum absolute atomic E-state index is 0.206. The number of nitrogens with two attached hydrogens (primary N) is 1. The van der Waals surface area contributed by atoms with Crippen LogP contribution in [0.3, 0.4) is 0 Å². The van der Waals surface area contributed by atoms with Crippen molar-refractivity contribution in [1.82, 2.24) is 4.90 Å². The van der Waals surface area contributed by atoms with Gasteiger partial charge in [0.2, 0.25) is 0 Å².